The molecule has 2 aliphatic heterocycles. The van der Waals surface area contributed by atoms with Crippen LogP contribution in [-0.4, -0.2) is 75.4 Å². The molecule has 1 saturated carbocycles. The number of hydrogen-bond acceptors (Lipinski definition) is 7. The van der Waals surface area contributed by atoms with Gasteiger partial charge in [-0.05, 0) is 113 Å². The fourth-order valence-corrected chi connectivity index (χ4v) is 7.42. The molecule has 0 radical (unpaired) electrons. The molecule has 53 heavy (non-hydrogen) atoms. The highest BCUT2D eigenvalue weighted by atomic mass is 35.5. The number of benzene rings is 2. The zero-order valence-corrected chi connectivity index (χ0v) is 31.6. The summed E-state index contributed by atoms with van der Waals surface area (Å²) in [6.45, 7) is 8.37. The van der Waals surface area contributed by atoms with Gasteiger partial charge in [0.1, 0.15) is 16.4 Å². The van der Waals surface area contributed by atoms with Crippen molar-refractivity contribution in [3.63, 3.8) is 0 Å². The number of aliphatic hydroxyl groups is 1. The number of nitrogens with zero attached hydrogens (tertiary/aromatic N) is 3. The fraction of sp³-hybridized carbons (Fsp3) is 0.488. The minimum atomic E-state index is -0.738. The molecule has 1 aromatic heterocycles. The van der Waals surface area contributed by atoms with Gasteiger partial charge in [-0.15, -0.1) is 0 Å². The standard InChI is InChI=1S/C41H48ClF2N3O6/c1-25-28(18-19-45-38(25)52-22-6-20-48)24-46(29-12-13-29)39(49)35-31(23-30-14-17-34(35)47(30)40(50)53-41(2,3)4)27-10-8-26(9-11-27)7-5-21-51-37-33(44)16-15-32(43)36(37)42/h8-11,15-16,18-19,29-30,34,48H,5-7,12-14,17,20-24H2,1-4H3/t30-,34+/m0/s1. The predicted octanol–water partition coefficient (Wildman–Crippen LogP) is 8.21. The third kappa shape index (κ3) is 8.95. The van der Waals surface area contributed by atoms with Crippen LogP contribution in [0.3, 0.4) is 0 Å². The van der Waals surface area contributed by atoms with Gasteiger partial charge in [0.25, 0.3) is 5.91 Å². The van der Waals surface area contributed by atoms with E-state index in [1.54, 1.807) is 11.1 Å². The Bertz CT molecular complexity index is 1840. The van der Waals surface area contributed by atoms with Crippen LogP contribution < -0.4 is 9.47 Å². The second-order valence-corrected chi connectivity index (χ2v) is 15.4. The highest BCUT2D eigenvalue weighted by Gasteiger charge is 2.49. The van der Waals surface area contributed by atoms with E-state index in [9.17, 15) is 23.5 Å². The SMILES string of the molecule is Cc1c(CN(C(=O)C2=C(c3ccc(CCCOc4c(F)ccc(F)c4Cl)cc3)C[C@@H]3CC[C@H]2N3C(=O)OC(C)(C)C)C2CC2)ccnc1OCCCO. The molecule has 1 saturated heterocycles. The van der Waals surface area contributed by atoms with Crippen molar-refractivity contribution in [2.24, 2.45) is 0 Å². The van der Waals surface area contributed by atoms with Crippen LogP contribution in [0.1, 0.15) is 88.0 Å². The average molecular weight is 752 g/mol. The number of fused-ring (bicyclic) bond motifs is 2. The molecule has 3 aliphatic rings. The van der Waals surface area contributed by atoms with Gasteiger partial charge in [0, 0.05) is 49.0 Å². The zero-order valence-electron chi connectivity index (χ0n) is 30.8. The van der Waals surface area contributed by atoms with Crippen molar-refractivity contribution in [2.45, 2.75) is 109 Å². The minimum absolute atomic E-state index is 0.0240. The normalized spacial score (nSPS) is 18.3. The van der Waals surface area contributed by atoms with E-state index in [0.717, 1.165) is 59.2 Å². The first-order chi connectivity index (χ1) is 25.4. The summed E-state index contributed by atoms with van der Waals surface area (Å²) >= 11 is 5.90. The molecule has 2 aromatic carbocycles. The molecule has 12 heteroatoms. The van der Waals surface area contributed by atoms with E-state index in [1.807, 2.05) is 62.9 Å². The number of pyridine rings is 1. The van der Waals surface area contributed by atoms with Crippen molar-refractivity contribution in [1.29, 1.82) is 0 Å². The summed E-state index contributed by atoms with van der Waals surface area (Å²) in [5, 5.41) is 8.83. The van der Waals surface area contributed by atoms with Crippen LogP contribution in [0.15, 0.2) is 54.2 Å². The lowest BCUT2D eigenvalue weighted by atomic mass is 9.87. The van der Waals surface area contributed by atoms with Crippen molar-refractivity contribution in [3.05, 3.63) is 93.1 Å². The topological polar surface area (TPSA) is 101 Å². The first kappa shape index (κ1) is 38.5. The molecule has 0 unspecified atom stereocenters. The number of aliphatic hydroxyl groups excluding tert-OH is 1. The quantitative estimate of drug-likeness (QED) is 0.131. The van der Waals surface area contributed by atoms with Gasteiger partial charge in [-0.1, -0.05) is 35.9 Å². The minimum Gasteiger partial charge on any atom is -0.489 e. The molecule has 3 aromatic rings. The van der Waals surface area contributed by atoms with Crippen molar-refractivity contribution in [3.8, 4) is 11.6 Å². The van der Waals surface area contributed by atoms with Gasteiger partial charge in [0.15, 0.2) is 11.6 Å². The van der Waals surface area contributed by atoms with E-state index in [4.69, 9.17) is 25.8 Å². The molecule has 2 bridgehead atoms. The predicted molar refractivity (Wildman–Crippen MR) is 198 cm³/mol. The van der Waals surface area contributed by atoms with Crippen molar-refractivity contribution < 1.29 is 37.7 Å². The lowest BCUT2D eigenvalue weighted by Gasteiger charge is -2.39. The first-order valence-corrected chi connectivity index (χ1v) is 18.8. The zero-order chi connectivity index (χ0) is 37.9. The Kier molecular flexibility index (Phi) is 11.9. The number of halogens is 3. The molecule has 1 N–H and O–H groups in total. The molecule has 6 rings (SSSR count). The maximum absolute atomic E-state index is 15.0. The van der Waals surface area contributed by atoms with Crippen LogP contribution in [0.2, 0.25) is 5.02 Å². The number of ether oxygens (including phenoxy) is 3. The van der Waals surface area contributed by atoms with Crippen LogP contribution in [-0.2, 0) is 22.5 Å². The number of carbonyl (C=O) groups excluding carboxylic acids is 2. The third-order valence-corrected chi connectivity index (χ3v) is 10.3. The summed E-state index contributed by atoms with van der Waals surface area (Å²) in [7, 11) is 0. The summed E-state index contributed by atoms with van der Waals surface area (Å²) in [4.78, 5) is 36.8. The largest absolute Gasteiger partial charge is 0.489 e. The second-order valence-electron chi connectivity index (χ2n) is 15.0. The Morgan fingerprint density at radius 2 is 1.70 bits per heavy atom. The van der Waals surface area contributed by atoms with Crippen molar-refractivity contribution >= 4 is 29.2 Å². The van der Waals surface area contributed by atoms with E-state index in [2.05, 4.69) is 4.98 Å². The Hall–Kier alpha value is -4.22. The molecule has 2 amide bonds. The van der Waals surface area contributed by atoms with Crippen LogP contribution >= 0.6 is 11.6 Å². The molecule has 1 aliphatic carbocycles. The monoisotopic (exact) mass is 751 g/mol. The summed E-state index contributed by atoms with van der Waals surface area (Å²) in [5.74, 6) is -1.33. The van der Waals surface area contributed by atoms with Crippen LogP contribution in [0.25, 0.3) is 5.57 Å². The summed E-state index contributed by atoms with van der Waals surface area (Å²) in [6.07, 6.45) is 6.71. The van der Waals surface area contributed by atoms with E-state index in [0.29, 0.717) is 56.7 Å². The van der Waals surface area contributed by atoms with Gasteiger partial charge in [-0.25, -0.2) is 18.6 Å². The summed E-state index contributed by atoms with van der Waals surface area (Å²) < 4.78 is 45.1. The van der Waals surface area contributed by atoms with Crippen LogP contribution in [0.5, 0.6) is 11.6 Å². The van der Waals surface area contributed by atoms with E-state index in [1.165, 1.54) is 0 Å². The molecular formula is C41H48ClF2N3O6. The Balaban J connectivity index is 1.26. The van der Waals surface area contributed by atoms with E-state index in [-0.39, 0.29) is 42.0 Å². The van der Waals surface area contributed by atoms with Crippen molar-refractivity contribution in [1.82, 2.24) is 14.8 Å². The first-order valence-electron chi connectivity index (χ1n) is 18.4. The van der Waals surface area contributed by atoms with Crippen LogP contribution in [0, 0.1) is 18.6 Å². The smallest absolute Gasteiger partial charge is 0.411 e. The van der Waals surface area contributed by atoms with Gasteiger partial charge in [0.05, 0.1) is 19.3 Å². The molecular weight excluding hydrogens is 704 g/mol. The fourth-order valence-electron chi connectivity index (χ4n) is 7.21. The van der Waals surface area contributed by atoms with Crippen LogP contribution in [0.4, 0.5) is 13.6 Å². The summed E-state index contributed by atoms with van der Waals surface area (Å²) in [6, 6.07) is 11.5. The van der Waals surface area contributed by atoms with Gasteiger partial charge >= 0.3 is 6.09 Å². The van der Waals surface area contributed by atoms with Gasteiger partial charge in [0.2, 0.25) is 5.88 Å². The van der Waals surface area contributed by atoms with E-state index >= 15 is 0 Å². The Labute approximate surface area is 314 Å². The number of aryl methyl sites for hydroxylation is 1. The number of hydrogen-bond donors (Lipinski definition) is 1. The number of amides is 2. The highest BCUT2D eigenvalue weighted by Crippen LogP contribution is 2.45. The summed E-state index contributed by atoms with van der Waals surface area (Å²) in [5.41, 5.74) is 4.63. The number of rotatable bonds is 14. The van der Waals surface area contributed by atoms with Gasteiger partial charge in [-0.2, -0.15) is 0 Å². The maximum atomic E-state index is 15.0. The molecule has 2 fully saturated rings. The molecule has 0 spiro atoms. The van der Waals surface area contributed by atoms with E-state index < -0.39 is 29.4 Å². The highest BCUT2D eigenvalue weighted by molar-refractivity contribution is 6.32. The number of carbonyl (C=O) groups is 2. The number of aromatic nitrogens is 1. The molecule has 3 heterocycles. The van der Waals surface area contributed by atoms with Gasteiger partial charge < -0.3 is 24.2 Å². The van der Waals surface area contributed by atoms with Crippen molar-refractivity contribution in [2.75, 3.05) is 19.8 Å². The Morgan fingerprint density at radius 3 is 2.40 bits per heavy atom. The lowest BCUT2D eigenvalue weighted by molar-refractivity contribution is -0.129. The molecule has 2 atom stereocenters. The Morgan fingerprint density at radius 1 is 0.981 bits per heavy atom. The maximum Gasteiger partial charge on any atom is 0.411 e. The third-order valence-electron chi connectivity index (χ3n) is 10.00. The molecule has 9 nitrogen and oxygen atoms in total. The van der Waals surface area contributed by atoms with Gasteiger partial charge in [-0.3, -0.25) is 9.69 Å². The lowest BCUT2D eigenvalue weighted by Crippen LogP contribution is -2.50. The second kappa shape index (κ2) is 16.4. The average Bonchev–Trinajstić information content (AvgIpc) is 3.91. The molecule has 284 valence electrons.